The minimum absolute atomic E-state index is 0.0927. The van der Waals surface area contributed by atoms with Crippen LogP contribution in [0.5, 0.6) is 0 Å². The summed E-state index contributed by atoms with van der Waals surface area (Å²) >= 11 is 0. The van der Waals surface area contributed by atoms with Crippen molar-refractivity contribution < 1.29 is 19.8 Å². The minimum Gasteiger partial charge on any atom is -0.481 e. The number of aliphatic carboxylic acids is 1. The van der Waals surface area contributed by atoms with Crippen LogP contribution < -0.4 is 0 Å². The zero-order chi connectivity index (χ0) is 20.0. The van der Waals surface area contributed by atoms with Gasteiger partial charge in [-0.05, 0) is 44.1 Å². The highest BCUT2D eigenvalue weighted by Crippen LogP contribution is 2.51. The molecule has 1 saturated heterocycles. The maximum absolute atomic E-state index is 12.3. The van der Waals surface area contributed by atoms with Crippen molar-refractivity contribution in [3.05, 3.63) is 48.0 Å². The van der Waals surface area contributed by atoms with E-state index >= 15 is 0 Å². The molecule has 5 heteroatoms. The summed E-state index contributed by atoms with van der Waals surface area (Å²) in [5.41, 5.74) is 1.13. The molecule has 0 amide bonds. The van der Waals surface area contributed by atoms with Crippen LogP contribution in [0.1, 0.15) is 56.9 Å². The van der Waals surface area contributed by atoms with E-state index in [1.165, 1.54) is 5.56 Å². The number of nitrogens with zero attached hydrogens (tertiary/aromatic N) is 1. The lowest BCUT2D eigenvalue weighted by atomic mass is 9.88. The number of hydrogen-bond acceptors (Lipinski definition) is 4. The van der Waals surface area contributed by atoms with Gasteiger partial charge >= 0.3 is 5.97 Å². The number of unbranched alkanes of at least 4 members (excludes halogenated alkanes) is 1. The predicted octanol–water partition coefficient (Wildman–Crippen LogP) is 3.31. The summed E-state index contributed by atoms with van der Waals surface area (Å²) in [6, 6.07) is 10.2. The highest BCUT2D eigenvalue weighted by atomic mass is 16.4. The SMILES string of the molecule is O=C(O)CCC/C=C\CC1C(=O)CCN1CCC(O)C1(c2ccccc2)CC1. The monoisotopic (exact) mass is 385 g/mol. The Morgan fingerprint density at radius 3 is 2.68 bits per heavy atom. The number of carboxylic acid groups (broad SMARTS) is 1. The van der Waals surface area contributed by atoms with Crippen LogP contribution in [0, 0.1) is 0 Å². The highest BCUT2D eigenvalue weighted by molar-refractivity contribution is 5.86. The summed E-state index contributed by atoms with van der Waals surface area (Å²) in [7, 11) is 0. The van der Waals surface area contributed by atoms with E-state index in [0.29, 0.717) is 25.7 Å². The van der Waals surface area contributed by atoms with Crippen LogP contribution in [-0.2, 0) is 15.0 Å². The van der Waals surface area contributed by atoms with Gasteiger partial charge in [0, 0.05) is 31.3 Å². The van der Waals surface area contributed by atoms with Gasteiger partial charge in [-0.2, -0.15) is 0 Å². The molecule has 1 heterocycles. The summed E-state index contributed by atoms with van der Waals surface area (Å²) < 4.78 is 0. The van der Waals surface area contributed by atoms with E-state index in [9.17, 15) is 14.7 Å². The third-order valence-corrected chi connectivity index (χ3v) is 6.21. The number of ketones is 1. The van der Waals surface area contributed by atoms with E-state index in [4.69, 9.17) is 5.11 Å². The molecule has 2 unspecified atom stereocenters. The molecule has 5 nitrogen and oxygen atoms in total. The van der Waals surface area contributed by atoms with Gasteiger partial charge in [-0.15, -0.1) is 0 Å². The normalized spacial score (nSPS) is 22.6. The van der Waals surface area contributed by atoms with Crippen LogP contribution in [0.15, 0.2) is 42.5 Å². The second-order valence-corrected chi connectivity index (χ2v) is 8.09. The molecule has 1 aromatic rings. The zero-order valence-corrected chi connectivity index (χ0v) is 16.4. The summed E-state index contributed by atoms with van der Waals surface area (Å²) in [4.78, 5) is 25.0. The molecule has 152 valence electrons. The Bertz CT molecular complexity index is 696. The number of likely N-dealkylation sites (tertiary alicyclic amines) is 1. The number of carbonyl (C=O) groups excluding carboxylic acids is 1. The smallest absolute Gasteiger partial charge is 0.303 e. The fourth-order valence-electron chi connectivity index (χ4n) is 4.33. The van der Waals surface area contributed by atoms with Gasteiger partial charge in [-0.25, -0.2) is 0 Å². The Morgan fingerprint density at radius 2 is 2.00 bits per heavy atom. The van der Waals surface area contributed by atoms with Gasteiger partial charge in [0.15, 0.2) is 5.78 Å². The number of carboxylic acids is 1. The third kappa shape index (κ3) is 5.09. The molecule has 0 bridgehead atoms. The maximum atomic E-state index is 12.3. The van der Waals surface area contributed by atoms with Crippen molar-refractivity contribution in [3.63, 3.8) is 0 Å². The lowest BCUT2D eigenvalue weighted by molar-refractivity contribution is -0.137. The fourth-order valence-corrected chi connectivity index (χ4v) is 4.33. The maximum Gasteiger partial charge on any atom is 0.303 e. The molecule has 1 aliphatic carbocycles. The van der Waals surface area contributed by atoms with E-state index in [1.54, 1.807) is 0 Å². The molecule has 2 fully saturated rings. The van der Waals surface area contributed by atoms with Crippen molar-refractivity contribution in [3.8, 4) is 0 Å². The molecular formula is C23H31NO4. The topological polar surface area (TPSA) is 77.8 Å². The molecule has 3 rings (SSSR count). The minimum atomic E-state index is -0.770. The number of carbonyl (C=O) groups is 2. The van der Waals surface area contributed by atoms with E-state index in [1.807, 2.05) is 30.4 Å². The van der Waals surface area contributed by atoms with Crippen LogP contribution in [-0.4, -0.2) is 52.1 Å². The van der Waals surface area contributed by atoms with Gasteiger partial charge in [0.2, 0.25) is 0 Å². The van der Waals surface area contributed by atoms with E-state index < -0.39 is 5.97 Å². The fraction of sp³-hybridized carbons (Fsp3) is 0.565. The predicted molar refractivity (Wildman–Crippen MR) is 108 cm³/mol. The van der Waals surface area contributed by atoms with Crippen molar-refractivity contribution in [2.45, 2.75) is 68.9 Å². The Hall–Kier alpha value is -1.98. The second-order valence-electron chi connectivity index (χ2n) is 8.09. The highest BCUT2D eigenvalue weighted by Gasteiger charge is 2.50. The van der Waals surface area contributed by atoms with Gasteiger partial charge in [0.1, 0.15) is 0 Å². The van der Waals surface area contributed by atoms with Crippen LogP contribution in [0.2, 0.25) is 0 Å². The first-order valence-electron chi connectivity index (χ1n) is 10.4. The van der Waals surface area contributed by atoms with Crippen LogP contribution in [0.25, 0.3) is 0 Å². The summed E-state index contributed by atoms with van der Waals surface area (Å²) in [6.07, 6.45) is 9.14. The largest absolute Gasteiger partial charge is 0.481 e. The van der Waals surface area contributed by atoms with Crippen LogP contribution >= 0.6 is 0 Å². The second kappa shape index (κ2) is 9.48. The van der Waals surface area contributed by atoms with Gasteiger partial charge in [-0.1, -0.05) is 42.5 Å². The summed E-state index contributed by atoms with van der Waals surface area (Å²) in [5.74, 6) is -0.498. The van der Waals surface area contributed by atoms with Crippen LogP contribution in [0.3, 0.4) is 0 Å². The first kappa shape index (κ1) is 20.7. The van der Waals surface area contributed by atoms with Gasteiger partial charge in [0.05, 0.1) is 12.1 Å². The lowest BCUT2D eigenvalue weighted by Gasteiger charge is -2.27. The van der Waals surface area contributed by atoms with Gasteiger partial charge in [-0.3, -0.25) is 14.5 Å². The quantitative estimate of drug-likeness (QED) is 0.451. The molecule has 1 aromatic carbocycles. The molecule has 28 heavy (non-hydrogen) atoms. The number of rotatable bonds is 11. The molecule has 1 saturated carbocycles. The molecule has 0 radical (unpaired) electrons. The number of hydrogen-bond donors (Lipinski definition) is 2. The number of Topliss-reactive ketones (excluding diaryl/α,β-unsaturated/α-hetero) is 1. The molecule has 2 aliphatic rings. The molecular weight excluding hydrogens is 354 g/mol. The van der Waals surface area contributed by atoms with Crippen molar-refractivity contribution >= 4 is 11.8 Å². The number of benzene rings is 1. The van der Waals surface area contributed by atoms with E-state index in [-0.39, 0.29) is 29.8 Å². The van der Waals surface area contributed by atoms with Gasteiger partial charge < -0.3 is 10.2 Å². The first-order valence-corrected chi connectivity index (χ1v) is 10.4. The Labute approximate surface area is 167 Å². The Morgan fingerprint density at radius 1 is 1.25 bits per heavy atom. The zero-order valence-electron chi connectivity index (χ0n) is 16.4. The average molecular weight is 386 g/mol. The third-order valence-electron chi connectivity index (χ3n) is 6.21. The van der Waals surface area contributed by atoms with Crippen molar-refractivity contribution in [1.82, 2.24) is 4.90 Å². The molecule has 2 atom stereocenters. The number of allylic oxidation sites excluding steroid dienone is 1. The van der Waals surface area contributed by atoms with Crippen molar-refractivity contribution in [1.29, 1.82) is 0 Å². The standard InChI is InChI=1S/C23H31NO4/c25-20-12-16-24(19(20)10-6-1-2-7-11-22(27)28)17-13-21(26)23(14-15-23)18-8-4-3-5-9-18/h1,3-6,8-9,19,21,26H,2,7,10-17H2,(H,27,28)/b6-1-. The molecule has 0 aromatic heterocycles. The summed E-state index contributed by atoms with van der Waals surface area (Å²) in [6.45, 7) is 1.50. The number of aliphatic hydroxyl groups excluding tert-OH is 1. The Kier molecular flexibility index (Phi) is 7.03. The molecule has 1 aliphatic heterocycles. The lowest BCUT2D eigenvalue weighted by Crippen LogP contribution is -2.37. The molecule has 0 spiro atoms. The van der Waals surface area contributed by atoms with Gasteiger partial charge in [0.25, 0.3) is 0 Å². The van der Waals surface area contributed by atoms with Crippen LogP contribution in [0.4, 0.5) is 0 Å². The van der Waals surface area contributed by atoms with E-state index in [0.717, 1.165) is 32.4 Å². The first-order chi connectivity index (χ1) is 13.5. The van der Waals surface area contributed by atoms with Crippen molar-refractivity contribution in [2.24, 2.45) is 0 Å². The van der Waals surface area contributed by atoms with E-state index in [2.05, 4.69) is 17.0 Å². The van der Waals surface area contributed by atoms with Crippen molar-refractivity contribution in [2.75, 3.05) is 13.1 Å². The Balaban J connectivity index is 1.47. The molecule has 2 N–H and O–H groups in total. The summed E-state index contributed by atoms with van der Waals surface area (Å²) in [5, 5.41) is 19.5. The average Bonchev–Trinajstić information content (AvgIpc) is 3.43. The number of aliphatic hydroxyl groups is 1.